The van der Waals surface area contributed by atoms with Gasteiger partial charge in [-0.2, -0.15) is 18.3 Å². The van der Waals surface area contributed by atoms with E-state index < -0.39 is 12.2 Å². The van der Waals surface area contributed by atoms with Gasteiger partial charge in [-0.05, 0) is 13.0 Å². The SMILES string of the molecule is CCn1nc(CC(N)C(F)(F)F)c2ccccc21. The third kappa shape index (κ3) is 2.33. The van der Waals surface area contributed by atoms with Gasteiger partial charge in [-0.25, -0.2) is 0 Å². The quantitative estimate of drug-likeness (QED) is 0.918. The first-order valence-corrected chi connectivity index (χ1v) is 5.70. The van der Waals surface area contributed by atoms with Gasteiger partial charge in [0.15, 0.2) is 0 Å². The summed E-state index contributed by atoms with van der Waals surface area (Å²) in [5, 5.41) is 4.93. The van der Waals surface area contributed by atoms with Crippen molar-refractivity contribution in [2.45, 2.75) is 32.1 Å². The Hall–Kier alpha value is -1.56. The van der Waals surface area contributed by atoms with E-state index in [9.17, 15) is 13.2 Å². The molecule has 0 aliphatic heterocycles. The molecule has 0 saturated carbocycles. The van der Waals surface area contributed by atoms with E-state index in [0.29, 0.717) is 12.2 Å². The van der Waals surface area contributed by atoms with Crippen molar-refractivity contribution < 1.29 is 13.2 Å². The Kier molecular flexibility index (Phi) is 3.30. The van der Waals surface area contributed by atoms with Crippen molar-refractivity contribution in [1.29, 1.82) is 0 Å². The largest absolute Gasteiger partial charge is 0.404 e. The van der Waals surface area contributed by atoms with E-state index in [2.05, 4.69) is 5.10 Å². The summed E-state index contributed by atoms with van der Waals surface area (Å²) in [7, 11) is 0. The highest BCUT2D eigenvalue weighted by Gasteiger charge is 2.37. The first-order valence-electron chi connectivity index (χ1n) is 5.70. The minimum absolute atomic E-state index is 0.295. The zero-order valence-corrected chi connectivity index (χ0v) is 9.91. The van der Waals surface area contributed by atoms with Crippen LogP contribution in [0.3, 0.4) is 0 Å². The van der Waals surface area contributed by atoms with E-state index in [0.717, 1.165) is 10.9 Å². The van der Waals surface area contributed by atoms with Crippen LogP contribution >= 0.6 is 0 Å². The Labute approximate surface area is 102 Å². The number of fused-ring (bicyclic) bond motifs is 1. The molecule has 0 saturated heterocycles. The third-order valence-electron chi connectivity index (χ3n) is 2.87. The minimum Gasteiger partial charge on any atom is -0.320 e. The topological polar surface area (TPSA) is 43.8 Å². The van der Waals surface area contributed by atoms with Crippen LogP contribution in [0.2, 0.25) is 0 Å². The van der Waals surface area contributed by atoms with Crippen molar-refractivity contribution in [3.8, 4) is 0 Å². The number of benzene rings is 1. The maximum Gasteiger partial charge on any atom is 0.404 e. The summed E-state index contributed by atoms with van der Waals surface area (Å²) in [5.41, 5.74) is 6.39. The molecule has 6 heteroatoms. The number of alkyl halides is 3. The predicted molar refractivity (Wildman–Crippen MR) is 63.1 cm³/mol. The predicted octanol–water partition coefficient (Wildman–Crippen LogP) is 2.49. The standard InChI is InChI=1S/C12H14F3N3/c1-2-18-10-6-4-3-5-8(10)9(17-18)7-11(16)12(13,14)15/h3-6,11H,2,7,16H2,1H3. The lowest BCUT2D eigenvalue weighted by Crippen LogP contribution is -2.39. The van der Waals surface area contributed by atoms with Crippen molar-refractivity contribution >= 4 is 10.9 Å². The molecular weight excluding hydrogens is 243 g/mol. The van der Waals surface area contributed by atoms with Crippen molar-refractivity contribution in [1.82, 2.24) is 9.78 Å². The molecule has 18 heavy (non-hydrogen) atoms. The number of nitrogens with zero attached hydrogens (tertiary/aromatic N) is 2. The van der Waals surface area contributed by atoms with Crippen LogP contribution in [-0.4, -0.2) is 22.0 Å². The monoisotopic (exact) mass is 257 g/mol. The van der Waals surface area contributed by atoms with Gasteiger partial charge in [0.1, 0.15) is 6.04 Å². The maximum atomic E-state index is 12.5. The van der Waals surface area contributed by atoms with E-state index in [1.807, 2.05) is 19.1 Å². The molecule has 1 aromatic carbocycles. The molecule has 2 rings (SSSR count). The normalized spacial score (nSPS) is 14.1. The number of rotatable bonds is 3. The van der Waals surface area contributed by atoms with Crippen LogP contribution < -0.4 is 5.73 Å². The van der Waals surface area contributed by atoms with Crippen LogP contribution in [0.15, 0.2) is 24.3 Å². The van der Waals surface area contributed by atoms with Crippen LogP contribution in [-0.2, 0) is 13.0 Å². The Balaban J connectivity index is 2.40. The van der Waals surface area contributed by atoms with E-state index >= 15 is 0 Å². The van der Waals surface area contributed by atoms with Gasteiger partial charge in [-0.15, -0.1) is 0 Å². The number of nitrogens with two attached hydrogens (primary N) is 1. The Bertz CT molecular complexity index is 545. The van der Waals surface area contributed by atoms with Crippen LogP contribution in [0.5, 0.6) is 0 Å². The molecule has 1 unspecified atom stereocenters. The zero-order valence-electron chi connectivity index (χ0n) is 9.91. The highest BCUT2D eigenvalue weighted by atomic mass is 19.4. The van der Waals surface area contributed by atoms with E-state index in [1.54, 1.807) is 16.8 Å². The van der Waals surface area contributed by atoms with Crippen molar-refractivity contribution in [2.24, 2.45) is 5.73 Å². The van der Waals surface area contributed by atoms with Crippen molar-refractivity contribution in [3.63, 3.8) is 0 Å². The summed E-state index contributed by atoms with van der Waals surface area (Å²) in [6.45, 7) is 2.51. The summed E-state index contributed by atoms with van der Waals surface area (Å²) < 4.78 is 39.1. The minimum atomic E-state index is -4.39. The van der Waals surface area contributed by atoms with Gasteiger partial charge in [-0.3, -0.25) is 4.68 Å². The molecule has 0 fully saturated rings. The average Bonchev–Trinajstić information content (AvgIpc) is 2.67. The summed E-state index contributed by atoms with van der Waals surface area (Å²) in [6.07, 6.45) is -4.69. The molecule has 0 spiro atoms. The first-order chi connectivity index (χ1) is 8.43. The first kappa shape index (κ1) is 12.9. The van der Waals surface area contributed by atoms with E-state index in [-0.39, 0.29) is 6.42 Å². The fourth-order valence-electron chi connectivity index (χ4n) is 1.91. The van der Waals surface area contributed by atoms with Gasteiger partial charge in [0.2, 0.25) is 0 Å². The molecular formula is C12H14F3N3. The molecule has 1 aromatic heterocycles. The zero-order chi connectivity index (χ0) is 13.3. The molecule has 1 heterocycles. The van der Waals surface area contributed by atoms with Gasteiger partial charge >= 0.3 is 6.18 Å². The number of aryl methyl sites for hydroxylation is 1. The number of halogens is 3. The van der Waals surface area contributed by atoms with Crippen LogP contribution in [0.4, 0.5) is 13.2 Å². The second-order valence-electron chi connectivity index (χ2n) is 4.13. The number of hydrogen-bond donors (Lipinski definition) is 1. The lowest BCUT2D eigenvalue weighted by atomic mass is 10.1. The fraction of sp³-hybridized carbons (Fsp3) is 0.417. The van der Waals surface area contributed by atoms with E-state index in [4.69, 9.17) is 5.73 Å². The Morgan fingerprint density at radius 3 is 2.61 bits per heavy atom. The maximum absolute atomic E-state index is 12.5. The Morgan fingerprint density at radius 2 is 2.00 bits per heavy atom. The summed E-state index contributed by atoms with van der Waals surface area (Å²) in [6, 6.07) is 5.36. The molecule has 1 atom stereocenters. The van der Waals surface area contributed by atoms with Crippen LogP contribution in [0, 0.1) is 0 Å². The molecule has 0 aliphatic rings. The molecule has 0 bridgehead atoms. The highest BCUT2D eigenvalue weighted by Crippen LogP contribution is 2.25. The summed E-state index contributed by atoms with van der Waals surface area (Å²) in [5.74, 6) is 0. The molecule has 3 nitrogen and oxygen atoms in total. The number of hydrogen-bond acceptors (Lipinski definition) is 2. The van der Waals surface area contributed by atoms with E-state index in [1.165, 1.54) is 0 Å². The van der Waals surface area contributed by atoms with Crippen LogP contribution in [0.1, 0.15) is 12.6 Å². The number of aromatic nitrogens is 2. The van der Waals surface area contributed by atoms with Gasteiger partial charge in [0, 0.05) is 18.4 Å². The lowest BCUT2D eigenvalue weighted by molar-refractivity contribution is -0.147. The van der Waals surface area contributed by atoms with Gasteiger partial charge in [-0.1, -0.05) is 18.2 Å². The molecule has 0 radical (unpaired) electrons. The fourth-order valence-corrected chi connectivity index (χ4v) is 1.91. The molecule has 0 aliphatic carbocycles. The smallest absolute Gasteiger partial charge is 0.320 e. The lowest BCUT2D eigenvalue weighted by Gasteiger charge is -2.14. The average molecular weight is 257 g/mol. The van der Waals surface area contributed by atoms with Gasteiger partial charge in [0.25, 0.3) is 0 Å². The van der Waals surface area contributed by atoms with Crippen molar-refractivity contribution in [2.75, 3.05) is 0 Å². The van der Waals surface area contributed by atoms with Crippen molar-refractivity contribution in [3.05, 3.63) is 30.0 Å². The summed E-state index contributed by atoms with van der Waals surface area (Å²) in [4.78, 5) is 0. The second kappa shape index (κ2) is 4.61. The molecule has 2 aromatic rings. The Morgan fingerprint density at radius 1 is 1.33 bits per heavy atom. The summed E-state index contributed by atoms with van der Waals surface area (Å²) >= 11 is 0. The third-order valence-corrected chi connectivity index (χ3v) is 2.87. The number of para-hydroxylation sites is 1. The highest BCUT2D eigenvalue weighted by molar-refractivity contribution is 5.82. The molecule has 2 N–H and O–H groups in total. The molecule has 0 amide bonds. The second-order valence-corrected chi connectivity index (χ2v) is 4.13. The van der Waals surface area contributed by atoms with Gasteiger partial charge < -0.3 is 5.73 Å². The van der Waals surface area contributed by atoms with Crippen LogP contribution in [0.25, 0.3) is 10.9 Å². The molecule has 98 valence electrons. The van der Waals surface area contributed by atoms with Gasteiger partial charge in [0.05, 0.1) is 11.2 Å².